The average molecular weight is 316 g/mol. The van der Waals surface area contributed by atoms with Gasteiger partial charge in [0.25, 0.3) is 0 Å². The molecule has 5 nitrogen and oxygen atoms in total. The van der Waals surface area contributed by atoms with E-state index in [1.807, 2.05) is 6.92 Å². The number of aromatic carboxylic acids is 1. The van der Waals surface area contributed by atoms with Crippen LogP contribution in [0.25, 0.3) is 0 Å². The number of nitrogens with one attached hydrogen (secondary N) is 1. The van der Waals surface area contributed by atoms with Crippen LogP contribution in [0.1, 0.15) is 17.3 Å². The normalized spacial score (nSPS) is 18.4. The third-order valence-corrected chi connectivity index (χ3v) is 4.20. The van der Waals surface area contributed by atoms with Gasteiger partial charge in [0.2, 0.25) is 0 Å². The van der Waals surface area contributed by atoms with Crippen molar-refractivity contribution in [1.29, 1.82) is 0 Å². The Morgan fingerprint density at radius 1 is 1.38 bits per heavy atom. The number of hydrogen-bond acceptors (Lipinski definition) is 3. The molecule has 1 aliphatic rings. The van der Waals surface area contributed by atoms with Crippen molar-refractivity contribution in [2.24, 2.45) is 0 Å². The summed E-state index contributed by atoms with van der Waals surface area (Å²) in [5, 5.41) is 11.6. The summed E-state index contributed by atoms with van der Waals surface area (Å²) in [7, 11) is 0. The van der Waals surface area contributed by atoms with Gasteiger partial charge < -0.3 is 15.3 Å². The molecule has 2 rings (SSSR count). The number of benzene rings is 1. The molecule has 0 spiro atoms. The Labute approximate surface area is 124 Å². The lowest BCUT2D eigenvalue weighted by Gasteiger charge is -2.30. The molecule has 0 radical (unpaired) electrons. The van der Waals surface area contributed by atoms with Crippen LogP contribution in [0.3, 0.4) is 0 Å². The van der Waals surface area contributed by atoms with Crippen molar-refractivity contribution in [1.82, 2.24) is 4.90 Å². The number of anilines is 1. The smallest absolute Gasteiger partial charge is 0.337 e. The molecular formula is C13H14F2N2O3S. The molecule has 1 aromatic rings. The monoisotopic (exact) mass is 316 g/mol. The molecule has 1 aliphatic heterocycles. The topological polar surface area (TPSA) is 69.6 Å². The number of urea groups is 1. The fourth-order valence-corrected chi connectivity index (χ4v) is 3.04. The molecule has 114 valence electrons. The molecule has 1 saturated heterocycles. The van der Waals surface area contributed by atoms with Crippen LogP contribution in [-0.4, -0.2) is 46.1 Å². The molecule has 0 bridgehead atoms. The zero-order valence-corrected chi connectivity index (χ0v) is 12.0. The maximum Gasteiger partial charge on any atom is 0.337 e. The standard InChI is InChI=1S/C13H14F2N2O3S/c1-7-6-17(2-3-21-7)13(20)16-11-5-10(15)9(14)4-8(11)12(18)19/h4-5,7H,2-3,6H2,1H3,(H,16,20)(H,18,19). The highest BCUT2D eigenvalue weighted by Gasteiger charge is 2.23. The molecule has 0 aromatic heterocycles. The Bertz CT molecular complexity index is 583. The van der Waals surface area contributed by atoms with Crippen molar-refractivity contribution in [3.63, 3.8) is 0 Å². The number of amides is 2. The first-order valence-electron chi connectivity index (χ1n) is 6.28. The van der Waals surface area contributed by atoms with E-state index in [-0.39, 0.29) is 10.9 Å². The van der Waals surface area contributed by atoms with Crippen molar-refractivity contribution in [2.75, 3.05) is 24.2 Å². The first-order valence-corrected chi connectivity index (χ1v) is 7.33. The van der Waals surface area contributed by atoms with Gasteiger partial charge in [-0.3, -0.25) is 0 Å². The van der Waals surface area contributed by atoms with Crippen LogP contribution in [0.15, 0.2) is 12.1 Å². The van der Waals surface area contributed by atoms with E-state index in [1.165, 1.54) is 4.90 Å². The zero-order chi connectivity index (χ0) is 15.6. The molecule has 21 heavy (non-hydrogen) atoms. The van der Waals surface area contributed by atoms with E-state index in [0.717, 1.165) is 5.75 Å². The molecule has 0 saturated carbocycles. The van der Waals surface area contributed by atoms with Gasteiger partial charge in [0.15, 0.2) is 11.6 Å². The Morgan fingerprint density at radius 3 is 2.67 bits per heavy atom. The summed E-state index contributed by atoms with van der Waals surface area (Å²) < 4.78 is 26.3. The number of thioether (sulfide) groups is 1. The van der Waals surface area contributed by atoms with Gasteiger partial charge in [-0.2, -0.15) is 11.8 Å². The van der Waals surface area contributed by atoms with E-state index >= 15 is 0 Å². The van der Waals surface area contributed by atoms with E-state index in [0.29, 0.717) is 25.2 Å². The number of rotatable bonds is 2. The van der Waals surface area contributed by atoms with Crippen molar-refractivity contribution in [3.05, 3.63) is 29.3 Å². The fraction of sp³-hybridized carbons (Fsp3) is 0.385. The first-order chi connectivity index (χ1) is 9.88. The van der Waals surface area contributed by atoms with E-state index in [2.05, 4.69) is 5.32 Å². The molecule has 1 atom stereocenters. The molecule has 1 fully saturated rings. The quantitative estimate of drug-likeness (QED) is 0.880. The SMILES string of the molecule is CC1CN(C(=O)Nc2cc(F)c(F)cc2C(=O)O)CCS1. The van der Waals surface area contributed by atoms with Gasteiger partial charge in [0.1, 0.15) is 0 Å². The first kappa shape index (κ1) is 15.6. The molecular weight excluding hydrogens is 302 g/mol. The second-order valence-electron chi connectivity index (χ2n) is 4.67. The minimum atomic E-state index is -1.44. The van der Waals surface area contributed by atoms with Crippen LogP contribution in [0.5, 0.6) is 0 Å². The van der Waals surface area contributed by atoms with Gasteiger partial charge >= 0.3 is 12.0 Å². The molecule has 1 heterocycles. The Hall–Kier alpha value is -1.83. The summed E-state index contributed by atoms with van der Waals surface area (Å²) in [5.41, 5.74) is -0.737. The van der Waals surface area contributed by atoms with Gasteiger partial charge in [-0.05, 0) is 6.07 Å². The van der Waals surface area contributed by atoms with Crippen LogP contribution in [0.4, 0.5) is 19.3 Å². The molecule has 2 amide bonds. The summed E-state index contributed by atoms with van der Waals surface area (Å²) in [6.45, 7) is 3.01. The lowest BCUT2D eigenvalue weighted by atomic mass is 10.1. The second-order valence-corrected chi connectivity index (χ2v) is 6.22. The highest BCUT2D eigenvalue weighted by atomic mass is 32.2. The summed E-state index contributed by atoms with van der Waals surface area (Å²) >= 11 is 1.73. The molecule has 8 heteroatoms. The minimum Gasteiger partial charge on any atom is -0.478 e. The predicted octanol–water partition coefficient (Wildman–Crippen LogP) is 2.63. The Kier molecular flexibility index (Phi) is 4.66. The minimum absolute atomic E-state index is 0.253. The number of halogens is 2. The van der Waals surface area contributed by atoms with Gasteiger partial charge in [0, 0.05) is 30.2 Å². The Morgan fingerprint density at radius 2 is 2.05 bits per heavy atom. The third-order valence-electron chi connectivity index (χ3n) is 3.06. The van der Waals surface area contributed by atoms with Crippen LogP contribution >= 0.6 is 11.8 Å². The number of nitrogens with zero attached hydrogens (tertiary/aromatic N) is 1. The Balaban J connectivity index is 2.20. The van der Waals surface area contributed by atoms with Crippen molar-refractivity contribution in [3.8, 4) is 0 Å². The van der Waals surface area contributed by atoms with E-state index in [4.69, 9.17) is 5.11 Å². The average Bonchev–Trinajstić information content (AvgIpc) is 2.42. The van der Waals surface area contributed by atoms with E-state index < -0.39 is 29.2 Å². The second kappa shape index (κ2) is 6.30. The fourth-order valence-electron chi connectivity index (χ4n) is 2.02. The molecule has 2 N–H and O–H groups in total. The maximum atomic E-state index is 13.2. The van der Waals surface area contributed by atoms with Crippen LogP contribution in [-0.2, 0) is 0 Å². The lowest BCUT2D eigenvalue weighted by molar-refractivity contribution is 0.0697. The molecule has 1 unspecified atom stereocenters. The van der Waals surface area contributed by atoms with E-state index in [1.54, 1.807) is 11.8 Å². The lowest BCUT2D eigenvalue weighted by Crippen LogP contribution is -2.43. The van der Waals surface area contributed by atoms with Crippen LogP contribution in [0, 0.1) is 11.6 Å². The third kappa shape index (κ3) is 3.63. The van der Waals surface area contributed by atoms with Crippen molar-refractivity contribution in [2.45, 2.75) is 12.2 Å². The number of carbonyl (C=O) groups excluding carboxylic acids is 1. The maximum absolute atomic E-state index is 13.2. The summed E-state index contributed by atoms with van der Waals surface area (Å²) in [6.07, 6.45) is 0. The summed E-state index contributed by atoms with van der Waals surface area (Å²) in [6, 6.07) is 0.719. The predicted molar refractivity (Wildman–Crippen MR) is 75.8 cm³/mol. The number of carboxylic acid groups (broad SMARTS) is 1. The van der Waals surface area contributed by atoms with Crippen molar-refractivity contribution < 1.29 is 23.5 Å². The highest BCUT2D eigenvalue weighted by molar-refractivity contribution is 7.99. The number of carboxylic acids is 1. The highest BCUT2D eigenvalue weighted by Crippen LogP contribution is 2.22. The molecule has 1 aromatic carbocycles. The van der Waals surface area contributed by atoms with E-state index in [9.17, 15) is 18.4 Å². The van der Waals surface area contributed by atoms with Gasteiger partial charge in [-0.15, -0.1) is 0 Å². The van der Waals surface area contributed by atoms with Crippen LogP contribution < -0.4 is 5.32 Å². The zero-order valence-electron chi connectivity index (χ0n) is 11.2. The van der Waals surface area contributed by atoms with Gasteiger partial charge in [-0.1, -0.05) is 6.92 Å². The molecule has 0 aliphatic carbocycles. The van der Waals surface area contributed by atoms with Gasteiger partial charge in [0.05, 0.1) is 11.3 Å². The van der Waals surface area contributed by atoms with Crippen molar-refractivity contribution >= 4 is 29.4 Å². The number of carbonyl (C=O) groups is 2. The summed E-state index contributed by atoms with van der Waals surface area (Å²) in [4.78, 5) is 24.6. The van der Waals surface area contributed by atoms with Gasteiger partial charge in [-0.25, -0.2) is 18.4 Å². The van der Waals surface area contributed by atoms with Crippen LogP contribution in [0.2, 0.25) is 0 Å². The number of hydrogen-bond donors (Lipinski definition) is 2. The summed E-state index contributed by atoms with van der Waals surface area (Å²) in [5.74, 6) is -3.14. The largest absolute Gasteiger partial charge is 0.478 e.